The van der Waals surface area contributed by atoms with E-state index in [2.05, 4.69) is 74.1 Å². The van der Waals surface area contributed by atoms with Crippen molar-refractivity contribution < 1.29 is 5.11 Å². The smallest absolute Gasteiger partial charge is 0.136 e. The number of aliphatic hydroxyl groups excluding tert-OH is 1. The second-order valence-corrected chi connectivity index (χ2v) is 13.5. The maximum atomic E-state index is 10.6. The van der Waals surface area contributed by atoms with E-state index in [4.69, 9.17) is 12.2 Å². The summed E-state index contributed by atoms with van der Waals surface area (Å²) in [6, 6.07) is 0. The van der Waals surface area contributed by atoms with Crippen molar-refractivity contribution in [3.05, 3.63) is 0 Å². The third-order valence-corrected chi connectivity index (χ3v) is 10.6. The maximum absolute atomic E-state index is 10.6. The van der Waals surface area contributed by atoms with Gasteiger partial charge in [0.05, 0.1) is 6.10 Å². The highest BCUT2D eigenvalue weighted by Gasteiger charge is 2.48. The molecule has 0 aliphatic carbocycles. The van der Waals surface area contributed by atoms with Crippen molar-refractivity contribution in [3.8, 4) is 0 Å². The van der Waals surface area contributed by atoms with E-state index in [9.17, 15) is 5.11 Å². The minimum absolute atomic E-state index is 0.162. The Balaban J connectivity index is 4.63. The van der Waals surface area contributed by atoms with E-state index in [1.807, 2.05) is 11.8 Å². The van der Waals surface area contributed by atoms with Gasteiger partial charge in [0.2, 0.25) is 0 Å². The molecule has 0 rings (SSSR count). The summed E-state index contributed by atoms with van der Waals surface area (Å²) in [5.74, 6) is 1.46. The summed E-state index contributed by atoms with van der Waals surface area (Å²) >= 11 is 9.23. The normalized spacial score (nSPS) is 15.3. The zero-order chi connectivity index (χ0) is 22.9. The number of nitrogens with zero attached hydrogens (tertiary/aromatic N) is 1. The SMILES string of the molecule is CCCCN(CCCC)C(=S)SCC(O)CSC(C)C(C)(C)C(C)(C)C(C)(C)C. The molecule has 0 aromatic rings. The van der Waals surface area contributed by atoms with Crippen LogP contribution >= 0.6 is 35.7 Å². The molecule has 0 saturated heterocycles. The highest BCUT2D eigenvalue weighted by molar-refractivity contribution is 8.22. The van der Waals surface area contributed by atoms with Crippen LogP contribution in [0, 0.1) is 16.2 Å². The van der Waals surface area contributed by atoms with E-state index in [1.54, 1.807) is 11.8 Å². The van der Waals surface area contributed by atoms with Gasteiger partial charge in [-0.3, -0.25) is 0 Å². The number of thiocarbonyl (C=S) groups is 1. The van der Waals surface area contributed by atoms with Crippen molar-refractivity contribution in [1.82, 2.24) is 4.90 Å². The molecule has 0 bridgehead atoms. The van der Waals surface area contributed by atoms with Gasteiger partial charge in [-0.25, -0.2) is 0 Å². The van der Waals surface area contributed by atoms with Gasteiger partial charge in [0, 0.05) is 29.8 Å². The van der Waals surface area contributed by atoms with Crippen molar-refractivity contribution in [2.24, 2.45) is 16.2 Å². The number of hydrogen-bond acceptors (Lipinski definition) is 4. The van der Waals surface area contributed by atoms with Crippen molar-refractivity contribution >= 4 is 40.1 Å². The van der Waals surface area contributed by atoms with E-state index in [-0.39, 0.29) is 22.3 Å². The van der Waals surface area contributed by atoms with Crippen molar-refractivity contribution in [1.29, 1.82) is 0 Å². The summed E-state index contributed by atoms with van der Waals surface area (Å²) in [6.45, 7) is 25.4. The van der Waals surface area contributed by atoms with Crippen LogP contribution in [0.5, 0.6) is 0 Å². The number of unbranched alkanes of at least 4 members (excludes halogenated alkanes) is 2. The number of aliphatic hydroxyl groups is 1. The number of thioether (sulfide) groups is 2. The lowest BCUT2D eigenvalue weighted by Crippen LogP contribution is -2.48. The van der Waals surface area contributed by atoms with Gasteiger partial charge in [0.25, 0.3) is 0 Å². The van der Waals surface area contributed by atoms with E-state index in [1.165, 1.54) is 25.7 Å². The number of hydrogen-bond donors (Lipinski definition) is 1. The molecule has 0 heterocycles. The van der Waals surface area contributed by atoms with Gasteiger partial charge < -0.3 is 10.0 Å². The first-order chi connectivity index (χ1) is 13.2. The van der Waals surface area contributed by atoms with Crippen LogP contribution in [-0.2, 0) is 0 Å². The Morgan fingerprint density at radius 2 is 1.41 bits per heavy atom. The van der Waals surface area contributed by atoms with Crippen molar-refractivity contribution in [2.75, 3.05) is 24.6 Å². The summed E-state index contributed by atoms with van der Waals surface area (Å²) in [5, 5.41) is 11.1. The van der Waals surface area contributed by atoms with Crippen LogP contribution in [-0.4, -0.2) is 50.3 Å². The Morgan fingerprint density at radius 3 is 1.83 bits per heavy atom. The van der Waals surface area contributed by atoms with Crippen molar-refractivity contribution in [3.63, 3.8) is 0 Å². The molecule has 0 saturated carbocycles. The van der Waals surface area contributed by atoms with E-state index in [0.717, 1.165) is 23.2 Å². The number of rotatable bonds is 13. The molecule has 0 aromatic heterocycles. The fraction of sp³-hybridized carbons (Fsp3) is 0.958. The molecule has 2 nitrogen and oxygen atoms in total. The zero-order valence-corrected chi connectivity index (χ0v) is 23.4. The molecule has 0 fully saturated rings. The Labute approximate surface area is 196 Å². The molecule has 2 unspecified atom stereocenters. The van der Waals surface area contributed by atoms with E-state index in [0.29, 0.717) is 11.0 Å². The van der Waals surface area contributed by atoms with Crippen LogP contribution in [0.1, 0.15) is 94.9 Å². The minimum atomic E-state index is -0.321. The largest absolute Gasteiger partial charge is 0.391 e. The average molecular weight is 464 g/mol. The fourth-order valence-corrected chi connectivity index (χ4v) is 5.93. The highest BCUT2D eigenvalue weighted by atomic mass is 32.2. The van der Waals surface area contributed by atoms with Crippen LogP contribution in [0.15, 0.2) is 0 Å². The second-order valence-electron chi connectivity index (χ2n) is 10.5. The first kappa shape index (κ1) is 29.5. The monoisotopic (exact) mass is 463 g/mol. The minimum Gasteiger partial charge on any atom is -0.391 e. The third kappa shape index (κ3) is 9.29. The Morgan fingerprint density at radius 1 is 0.931 bits per heavy atom. The van der Waals surface area contributed by atoms with Gasteiger partial charge in [-0.15, -0.1) is 0 Å². The van der Waals surface area contributed by atoms with Crippen LogP contribution in [0.4, 0.5) is 0 Å². The zero-order valence-electron chi connectivity index (χ0n) is 20.9. The lowest BCUT2D eigenvalue weighted by molar-refractivity contribution is -0.00599. The molecule has 174 valence electrons. The van der Waals surface area contributed by atoms with Crippen molar-refractivity contribution in [2.45, 2.75) is 106 Å². The molecular weight excluding hydrogens is 414 g/mol. The summed E-state index contributed by atoms with van der Waals surface area (Å²) < 4.78 is 0.957. The molecule has 0 spiro atoms. The molecule has 0 aliphatic rings. The second kappa shape index (κ2) is 13.2. The van der Waals surface area contributed by atoms with E-state index >= 15 is 0 Å². The predicted octanol–water partition coefficient (Wildman–Crippen LogP) is 7.49. The molecule has 0 aliphatic heterocycles. The topological polar surface area (TPSA) is 23.5 Å². The first-order valence-corrected chi connectivity index (χ1v) is 13.9. The molecule has 0 aromatic carbocycles. The predicted molar refractivity (Wildman–Crippen MR) is 141 cm³/mol. The standard InChI is InChI=1S/C24H49NOS3/c1-11-13-15-25(16-14-12-2)21(27)29-18-20(26)17-28-19(3)23(7,8)24(9,10)22(4,5)6/h19-20,26H,11-18H2,1-10H3. The van der Waals surface area contributed by atoms with E-state index < -0.39 is 0 Å². The lowest BCUT2D eigenvalue weighted by atomic mass is 9.54. The van der Waals surface area contributed by atoms with Gasteiger partial charge >= 0.3 is 0 Å². The van der Waals surface area contributed by atoms with Crippen LogP contribution in [0.25, 0.3) is 0 Å². The van der Waals surface area contributed by atoms with Gasteiger partial charge in [0.1, 0.15) is 4.32 Å². The fourth-order valence-electron chi connectivity index (χ4n) is 3.24. The Bertz CT molecular complexity index is 463. The molecule has 0 amide bonds. The molecule has 0 radical (unpaired) electrons. The van der Waals surface area contributed by atoms with Crippen LogP contribution in [0.2, 0.25) is 0 Å². The molecule has 1 N–H and O–H groups in total. The molecule has 2 atom stereocenters. The van der Waals surface area contributed by atoms with Crippen LogP contribution in [0.3, 0.4) is 0 Å². The lowest BCUT2D eigenvalue weighted by Gasteiger charge is -2.53. The average Bonchev–Trinajstić information content (AvgIpc) is 2.62. The summed E-state index contributed by atoms with van der Waals surface area (Å²) in [6.07, 6.45) is 4.41. The van der Waals surface area contributed by atoms with Gasteiger partial charge in [-0.2, -0.15) is 11.8 Å². The van der Waals surface area contributed by atoms with Crippen LogP contribution < -0.4 is 0 Å². The van der Waals surface area contributed by atoms with Gasteiger partial charge in [0.15, 0.2) is 0 Å². The first-order valence-electron chi connectivity index (χ1n) is 11.4. The highest BCUT2D eigenvalue weighted by Crippen LogP contribution is 2.55. The summed E-state index contributed by atoms with van der Waals surface area (Å²) in [4.78, 5) is 2.34. The van der Waals surface area contributed by atoms with Gasteiger partial charge in [-0.05, 0) is 29.1 Å². The molecule has 29 heavy (non-hydrogen) atoms. The third-order valence-electron chi connectivity index (χ3n) is 7.26. The van der Waals surface area contributed by atoms with Gasteiger partial charge in [-0.1, -0.05) is 106 Å². The maximum Gasteiger partial charge on any atom is 0.136 e. The summed E-state index contributed by atoms with van der Waals surface area (Å²) in [7, 11) is 0. The quantitative estimate of drug-likeness (QED) is 0.285. The molecule has 5 heteroatoms. The molecular formula is C24H49NOS3. The Hall–Kier alpha value is 0.550. The summed E-state index contributed by atoms with van der Waals surface area (Å²) in [5.41, 5.74) is 0.578. The Kier molecular flexibility index (Phi) is 13.4.